The summed E-state index contributed by atoms with van der Waals surface area (Å²) in [6.45, 7) is 4.25. The van der Waals surface area contributed by atoms with Gasteiger partial charge in [0.05, 0.1) is 4.92 Å². The van der Waals surface area contributed by atoms with Crippen molar-refractivity contribution < 1.29 is 9.72 Å². The van der Waals surface area contributed by atoms with Crippen molar-refractivity contribution in [3.63, 3.8) is 0 Å². The number of rotatable bonds is 6. The molecule has 1 amide bonds. The number of nitro groups is 1. The van der Waals surface area contributed by atoms with E-state index >= 15 is 0 Å². The van der Waals surface area contributed by atoms with E-state index in [0.717, 1.165) is 12.8 Å². The van der Waals surface area contributed by atoms with Crippen LogP contribution in [0, 0.1) is 17.0 Å². The van der Waals surface area contributed by atoms with Crippen molar-refractivity contribution in [2.75, 3.05) is 6.54 Å². The number of hydrogen-bond donors (Lipinski definition) is 1. The molecule has 1 aromatic carbocycles. The molecule has 0 bridgehead atoms. The van der Waals surface area contributed by atoms with Crippen LogP contribution in [-0.2, 0) is 0 Å². The fraction of sp³-hybridized carbons (Fsp3) is 0.462. The minimum Gasteiger partial charge on any atom is -0.351 e. The zero-order valence-corrected chi connectivity index (χ0v) is 12.6. The second kappa shape index (κ2) is 7.23. The van der Waals surface area contributed by atoms with Gasteiger partial charge in [-0.1, -0.05) is 29.3 Å². The highest BCUT2D eigenvalue weighted by atomic mass is 79.9. The van der Waals surface area contributed by atoms with E-state index in [1.54, 1.807) is 6.92 Å². The van der Waals surface area contributed by atoms with E-state index in [9.17, 15) is 14.9 Å². The molecule has 1 N–H and O–H groups in total. The van der Waals surface area contributed by atoms with E-state index in [4.69, 9.17) is 0 Å². The molecule has 1 unspecified atom stereocenters. The maximum atomic E-state index is 11.9. The van der Waals surface area contributed by atoms with Crippen LogP contribution in [0.3, 0.4) is 0 Å². The Morgan fingerprint density at radius 2 is 2.21 bits per heavy atom. The molecule has 0 fully saturated rings. The van der Waals surface area contributed by atoms with Crippen LogP contribution in [0.15, 0.2) is 18.2 Å². The van der Waals surface area contributed by atoms with Crippen LogP contribution in [0.2, 0.25) is 0 Å². The lowest BCUT2D eigenvalue weighted by molar-refractivity contribution is -0.385. The Bertz CT molecular complexity index is 477. The Hall–Kier alpha value is -1.43. The number of nitrogens with one attached hydrogen (secondary N) is 1. The van der Waals surface area contributed by atoms with Gasteiger partial charge in [-0.25, -0.2) is 0 Å². The number of amides is 1. The summed E-state index contributed by atoms with van der Waals surface area (Å²) in [5, 5.41) is 13.5. The SMILES string of the molecule is CCCC(Br)CNC(=O)c1ccc([N+](=O)[O-])c(C)c1. The highest BCUT2D eigenvalue weighted by Crippen LogP contribution is 2.18. The molecule has 0 aliphatic rings. The molecule has 0 aromatic heterocycles. The third-order valence-corrected chi connectivity index (χ3v) is 3.52. The van der Waals surface area contributed by atoms with Gasteiger partial charge >= 0.3 is 0 Å². The highest BCUT2D eigenvalue weighted by molar-refractivity contribution is 9.09. The number of nitrogens with zero attached hydrogens (tertiary/aromatic N) is 1. The van der Waals surface area contributed by atoms with Gasteiger partial charge in [0.1, 0.15) is 0 Å². The van der Waals surface area contributed by atoms with Crippen molar-refractivity contribution in [1.29, 1.82) is 0 Å². The van der Waals surface area contributed by atoms with Crippen LogP contribution in [-0.4, -0.2) is 22.2 Å². The normalized spacial score (nSPS) is 11.9. The maximum absolute atomic E-state index is 11.9. The monoisotopic (exact) mass is 328 g/mol. The lowest BCUT2D eigenvalue weighted by Crippen LogP contribution is -2.29. The van der Waals surface area contributed by atoms with Crippen molar-refractivity contribution >= 4 is 27.5 Å². The Morgan fingerprint density at radius 1 is 1.53 bits per heavy atom. The fourth-order valence-electron chi connectivity index (χ4n) is 1.72. The van der Waals surface area contributed by atoms with Gasteiger partial charge in [0.15, 0.2) is 0 Å². The van der Waals surface area contributed by atoms with Gasteiger partial charge in [0, 0.05) is 28.6 Å². The fourth-order valence-corrected chi connectivity index (χ4v) is 2.34. The molecule has 5 nitrogen and oxygen atoms in total. The molecule has 1 atom stereocenters. The lowest BCUT2D eigenvalue weighted by Gasteiger charge is -2.10. The first-order chi connectivity index (χ1) is 8.95. The first-order valence-corrected chi connectivity index (χ1v) is 7.04. The van der Waals surface area contributed by atoms with Crippen LogP contribution in [0.1, 0.15) is 35.7 Å². The second-order valence-electron chi connectivity index (χ2n) is 4.35. The van der Waals surface area contributed by atoms with E-state index in [0.29, 0.717) is 17.7 Å². The molecule has 0 saturated carbocycles. The van der Waals surface area contributed by atoms with Crippen LogP contribution in [0.25, 0.3) is 0 Å². The first-order valence-electron chi connectivity index (χ1n) is 6.13. The number of halogens is 1. The molecule has 1 aromatic rings. The zero-order valence-electron chi connectivity index (χ0n) is 11.0. The van der Waals surface area contributed by atoms with E-state index in [1.165, 1.54) is 18.2 Å². The molecule has 6 heteroatoms. The predicted octanol–water partition coefficient (Wildman–Crippen LogP) is 3.20. The third-order valence-electron chi connectivity index (χ3n) is 2.74. The second-order valence-corrected chi connectivity index (χ2v) is 5.65. The average Bonchev–Trinajstić information content (AvgIpc) is 2.35. The number of alkyl halides is 1. The summed E-state index contributed by atoms with van der Waals surface area (Å²) >= 11 is 3.48. The molecule has 104 valence electrons. The summed E-state index contributed by atoms with van der Waals surface area (Å²) < 4.78 is 0. The minimum absolute atomic E-state index is 0.0286. The van der Waals surface area contributed by atoms with Crippen molar-refractivity contribution in [3.8, 4) is 0 Å². The molecule has 0 heterocycles. The summed E-state index contributed by atoms with van der Waals surface area (Å²) in [5.41, 5.74) is 0.960. The van der Waals surface area contributed by atoms with Gasteiger partial charge in [-0.15, -0.1) is 0 Å². The summed E-state index contributed by atoms with van der Waals surface area (Å²) in [6.07, 6.45) is 2.03. The molecular weight excluding hydrogens is 312 g/mol. The van der Waals surface area contributed by atoms with Crippen molar-refractivity contribution in [1.82, 2.24) is 5.32 Å². The van der Waals surface area contributed by atoms with Gasteiger partial charge in [-0.2, -0.15) is 0 Å². The van der Waals surface area contributed by atoms with Crippen LogP contribution >= 0.6 is 15.9 Å². The highest BCUT2D eigenvalue weighted by Gasteiger charge is 2.14. The van der Waals surface area contributed by atoms with Gasteiger partial charge < -0.3 is 5.32 Å². The standard InChI is InChI=1S/C13H17BrN2O3/c1-3-4-11(14)8-15-13(17)10-5-6-12(16(18)19)9(2)7-10/h5-7,11H,3-4,8H2,1-2H3,(H,15,17). The number of hydrogen-bond acceptors (Lipinski definition) is 3. The Kier molecular flexibility index (Phi) is 5.95. The molecule has 0 aliphatic heterocycles. The quantitative estimate of drug-likeness (QED) is 0.495. The number of nitro benzene ring substituents is 1. The topological polar surface area (TPSA) is 72.2 Å². The predicted molar refractivity (Wildman–Crippen MR) is 77.8 cm³/mol. The van der Waals surface area contributed by atoms with Crippen LogP contribution in [0.5, 0.6) is 0 Å². The van der Waals surface area contributed by atoms with Gasteiger partial charge in [0.2, 0.25) is 0 Å². The Labute approximate surface area is 120 Å². The average molecular weight is 329 g/mol. The molecule has 0 aliphatic carbocycles. The number of aryl methyl sites for hydroxylation is 1. The van der Waals surface area contributed by atoms with Gasteiger partial charge in [-0.05, 0) is 25.5 Å². The summed E-state index contributed by atoms with van der Waals surface area (Å²) in [4.78, 5) is 22.4. The summed E-state index contributed by atoms with van der Waals surface area (Å²) in [6, 6.07) is 4.38. The summed E-state index contributed by atoms with van der Waals surface area (Å²) in [7, 11) is 0. The van der Waals surface area contributed by atoms with E-state index in [2.05, 4.69) is 28.2 Å². The zero-order chi connectivity index (χ0) is 14.4. The Balaban J connectivity index is 2.68. The molecule has 1 rings (SSSR count). The van der Waals surface area contributed by atoms with Crippen molar-refractivity contribution in [2.24, 2.45) is 0 Å². The van der Waals surface area contributed by atoms with Crippen LogP contribution in [0.4, 0.5) is 5.69 Å². The van der Waals surface area contributed by atoms with E-state index < -0.39 is 4.92 Å². The van der Waals surface area contributed by atoms with Gasteiger partial charge in [-0.3, -0.25) is 14.9 Å². The minimum atomic E-state index is -0.452. The smallest absolute Gasteiger partial charge is 0.272 e. The number of carbonyl (C=O) groups is 1. The molecule has 0 spiro atoms. The van der Waals surface area contributed by atoms with Crippen molar-refractivity contribution in [3.05, 3.63) is 39.4 Å². The molecule has 19 heavy (non-hydrogen) atoms. The first kappa shape index (κ1) is 15.6. The van der Waals surface area contributed by atoms with Gasteiger partial charge in [0.25, 0.3) is 11.6 Å². The molecule has 0 radical (unpaired) electrons. The number of benzene rings is 1. The Morgan fingerprint density at radius 3 is 2.74 bits per heavy atom. The van der Waals surface area contributed by atoms with E-state index in [1.807, 2.05) is 0 Å². The van der Waals surface area contributed by atoms with Crippen LogP contribution < -0.4 is 5.32 Å². The summed E-state index contributed by atoms with van der Waals surface area (Å²) in [5.74, 6) is -0.210. The number of carbonyl (C=O) groups excluding carboxylic acids is 1. The molecule has 0 saturated heterocycles. The maximum Gasteiger partial charge on any atom is 0.272 e. The van der Waals surface area contributed by atoms with E-state index in [-0.39, 0.29) is 16.4 Å². The molecular formula is C13H17BrN2O3. The largest absolute Gasteiger partial charge is 0.351 e. The van der Waals surface area contributed by atoms with Crippen molar-refractivity contribution in [2.45, 2.75) is 31.5 Å². The lowest BCUT2D eigenvalue weighted by atomic mass is 10.1. The third kappa shape index (κ3) is 4.63.